The molecule has 0 aliphatic rings. The molecule has 7 nitrogen and oxygen atoms in total. The molecule has 1 unspecified atom stereocenters. The van der Waals surface area contributed by atoms with Crippen molar-refractivity contribution in [2.75, 3.05) is 16.9 Å². The summed E-state index contributed by atoms with van der Waals surface area (Å²) in [4.78, 5) is 7.55. The van der Waals surface area contributed by atoms with Gasteiger partial charge in [-0.3, -0.25) is 5.43 Å². The van der Waals surface area contributed by atoms with Crippen LogP contribution in [0.4, 0.5) is 5.95 Å². The number of aromatic nitrogens is 2. The number of hydrogen-bond donors (Lipinski definition) is 3. The van der Waals surface area contributed by atoms with E-state index in [1.165, 1.54) is 12.4 Å². The Kier molecular flexibility index (Phi) is 5.79. The molecular weight excluding hydrogens is 274 g/mol. The van der Waals surface area contributed by atoms with E-state index in [9.17, 15) is 8.42 Å². The molecule has 1 rings (SSSR count). The van der Waals surface area contributed by atoms with E-state index in [1.54, 1.807) is 11.8 Å². The highest BCUT2D eigenvalue weighted by molar-refractivity contribution is 7.99. The number of nitrogens with zero attached hydrogens (tertiary/aromatic N) is 2. The van der Waals surface area contributed by atoms with E-state index in [0.717, 1.165) is 11.5 Å². The van der Waals surface area contributed by atoms with E-state index in [0.29, 0.717) is 0 Å². The number of anilines is 1. The summed E-state index contributed by atoms with van der Waals surface area (Å²) in [5, 5.41) is 0. The molecule has 0 spiro atoms. The number of nitrogens with two attached hydrogens (primary N) is 1. The molecule has 0 aliphatic carbocycles. The zero-order chi connectivity index (χ0) is 13.6. The Labute approximate surface area is 111 Å². The largest absolute Gasteiger partial charge is 0.292 e. The number of rotatable bonds is 7. The molecule has 1 aromatic rings. The second-order valence-corrected chi connectivity index (χ2v) is 6.60. The molecule has 0 saturated carbocycles. The quantitative estimate of drug-likeness (QED) is 0.485. The first kappa shape index (κ1) is 15.2. The first-order valence-corrected chi connectivity index (χ1v) is 8.02. The molecule has 0 radical (unpaired) electrons. The highest BCUT2D eigenvalue weighted by atomic mass is 32.2. The summed E-state index contributed by atoms with van der Waals surface area (Å²) in [6.45, 7) is 3.84. The van der Waals surface area contributed by atoms with Gasteiger partial charge in [-0.2, -0.15) is 11.8 Å². The predicted octanol–water partition coefficient (Wildman–Crippen LogP) is 0.182. The van der Waals surface area contributed by atoms with E-state index in [2.05, 4.69) is 20.1 Å². The first-order chi connectivity index (χ1) is 8.49. The normalized spacial score (nSPS) is 13.3. The summed E-state index contributed by atoms with van der Waals surface area (Å²) < 4.78 is 26.5. The maximum Gasteiger partial charge on any atom is 0.243 e. The molecule has 102 valence electrons. The fourth-order valence-corrected chi connectivity index (χ4v) is 3.10. The Morgan fingerprint density at radius 2 is 2.06 bits per heavy atom. The molecule has 4 N–H and O–H groups in total. The number of hydrogen-bond acceptors (Lipinski definition) is 7. The molecule has 0 aromatic carbocycles. The predicted molar refractivity (Wildman–Crippen MR) is 72.6 cm³/mol. The van der Waals surface area contributed by atoms with Crippen LogP contribution in [0.3, 0.4) is 0 Å². The lowest BCUT2D eigenvalue weighted by atomic mass is 10.4. The number of sulfonamides is 1. The molecule has 0 bridgehead atoms. The summed E-state index contributed by atoms with van der Waals surface area (Å²) in [5.74, 6) is 6.94. The lowest BCUT2D eigenvalue weighted by Crippen LogP contribution is -2.34. The average molecular weight is 291 g/mol. The van der Waals surface area contributed by atoms with Gasteiger partial charge >= 0.3 is 0 Å². The van der Waals surface area contributed by atoms with E-state index in [4.69, 9.17) is 5.84 Å². The van der Waals surface area contributed by atoms with Crippen molar-refractivity contribution in [2.24, 2.45) is 5.84 Å². The van der Waals surface area contributed by atoms with Gasteiger partial charge in [-0.15, -0.1) is 0 Å². The fraction of sp³-hybridized carbons (Fsp3) is 0.556. The Bertz CT molecular complexity index is 462. The SMILES string of the molecule is CCSCC(C)NS(=O)(=O)c1cnc(NN)nc1. The van der Waals surface area contributed by atoms with Crippen molar-refractivity contribution >= 4 is 27.7 Å². The second-order valence-electron chi connectivity index (χ2n) is 3.57. The number of nitrogens with one attached hydrogen (secondary N) is 2. The van der Waals surface area contributed by atoms with Crippen molar-refractivity contribution in [3.8, 4) is 0 Å². The van der Waals surface area contributed by atoms with Gasteiger partial charge in [0, 0.05) is 11.8 Å². The Morgan fingerprint density at radius 3 is 2.56 bits per heavy atom. The van der Waals surface area contributed by atoms with Crippen molar-refractivity contribution in [1.29, 1.82) is 0 Å². The van der Waals surface area contributed by atoms with Gasteiger partial charge in [0.15, 0.2) is 0 Å². The van der Waals surface area contributed by atoms with Crippen LogP contribution in [0.15, 0.2) is 17.3 Å². The standard InChI is InChI=1S/C9H17N5O2S2/c1-3-17-6-7(2)14-18(15,16)8-4-11-9(13-10)12-5-8/h4-5,7,14H,3,6,10H2,1-2H3,(H,11,12,13). The monoisotopic (exact) mass is 291 g/mol. The Morgan fingerprint density at radius 1 is 1.44 bits per heavy atom. The fourth-order valence-electron chi connectivity index (χ4n) is 1.19. The summed E-state index contributed by atoms with van der Waals surface area (Å²) in [5.41, 5.74) is 2.23. The first-order valence-electron chi connectivity index (χ1n) is 5.38. The average Bonchev–Trinajstić information content (AvgIpc) is 2.36. The molecule has 1 heterocycles. The van der Waals surface area contributed by atoms with Gasteiger partial charge in [0.2, 0.25) is 16.0 Å². The van der Waals surface area contributed by atoms with Gasteiger partial charge in [-0.25, -0.2) is 29.0 Å². The molecule has 0 amide bonds. The van der Waals surface area contributed by atoms with Crippen LogP contribution < -0.4 is 16.0 Å². The molecular formula is C9H17N5O2S2. The summed E-state index contributed by atoms with van der Waals surface area (Å²) in [6.07, 6.45) is 2.43. The molecule has 0 saturated heterocycles. The van der Waals surface area contributed by atoms with Gasteiger partial charge in [0.25, 0.3) is 0 Å². The summed E-state index contributed by atoms with van der Waals surface area (Å²) in [7, 11) is -3.57. The number of thioether (sulfide) groups is 1. The minimum atomic E-state index is -3.57. The molecule has 9 heteroatoms. The highest BCUT2D eigenvalue weighted by Gasteiger charge is 2.18. The Balaban J connectivity index is 2.73. The van der Waals surface area contributed by atoms with Crippen molar-refractivity contribution in [2.45, 2.75) is 24.8 Å². The second kappa shape index (κ2) is 6.88. The summed E-state index contributed by atoms with van der Waals surface area (Å²) >= 11 is 1.67. The molecule has 1 aromatic heterocycles. The lowest BCUT2D eigenvalue weighted by Gasteiger charge is -2.13. The lowest BCUT2D eigenvalue weighted by molar-refractivity contribution is 0.570. The van der Waals surface area contributed by atoms with Crippen molar-refractivity contribution in [3.05, 3.63) is 12.4 Å². The van der Waals surface area contributed by atoms with Crippen LogP contribution in [0.5, 0.6) is 0 Å². The number of hydrazine groups is 1. The van der Waals surface area contributed by atoms with Gasteiger partial charge in [0.1, 0.15) is 4.90 Å². The van der Waals surface area contributed by atoms with Gasteiger partial charge in [-0.05, 0) is 12.7 Å². The Hall–Kier alpha value is -0.900. The van der Waals surface area contributed by atoms with Crippen molar-refractivity contribution in [1.82, 2.24) is 14.7 Å². The van der Waals surface area contributed by atoms with Gasteiger partial charge in [0.05, 0.1) is 12.4 Å². The third-order valence-corrected chi connectivity index (χ3v) is 4.68. The van der Waals surface area contributed by atoms with Crippen LogP contribution in [0.1, 0.15) is 13.8 Å². The third-order valence-electron chi connectivity index (χ3n) is 2.00. The van der Waals surface area contributed by atoms with E-state index in [1.807, 2.05) is 13.8 Å². The van der Waals surface area contributed by atoms with Crippen LogP contribution in [0.25, 0.3) is 0 Å². The van der Waals surface area contributed by atoms with E-state index < -0.39 is 10.0 Å². The van der Waals surface area contributed by atoms with Gasteiger partial charge < -0.3 is 0 Å². The minimum Gasteiger partial charge on any atom is -0.292 e. The smallest absolute Gasteiger partial charge is 0.243 e. The maximum absolute atomic E-state index is 12.0. The van der Waals surface area contributed by atoms with E-state index >= 15 is 0 Å². The van der Waals surface area contributed by atoms with Gasteiger partial charge in [-0.1, -0.05) is 6.92 Å². The molecule has 1 atom stereocenters. The highest BCUT2D eigenvalue weighted by Crippen LogP contribution is 2.09. The van der Waals surface area contributed by atoms with Crippen LogP contribution in [-0.2, 0) is 10.0 Å². The molecule has 0 aliphatic heterocycles. The zero-order valence-electron chi connectivity index (χ0n) is 10.3. The van der Waals surface area contributed by atoms with E-state index in [-0.39, 0.29) is 16.9 Å². The zero-order valence-corrected chi connectivity index (χ0v) is 11.9. The van der Waals surface area contributed by atoms with Crippen molar-refractivity contribution < 1.29 is 8.42 Å². The molecule has 18 heavy (non-hydrogen) atoms. The number of nitrogen functional groups attached to an aromatic ring is 1. The van der Waals surface area contributed by atoms with Crippen LogP contribution in [0, 0.1) is 0 Å². The van der Waals surface area contributed by atoms with Crippen molar-refractivity contribution in [3.63, 3.8) is 0 Å². The van der Waals surface area contributed by atoms with Crippen LogP contribution in [-0.4, -0.2) is 35.9 Å². The minimum absolute atomic E-state index is 0.0230. The summed E-state index contributed by atoms with van der Waals surface area (Å²) in [6, 6.07) is -0.146. The molecule has 0 fully saturated rings. The topological polar surface area (TPSA) is 110 Å². The van der Waals surface area contributed by atoms with Crippen LogP contribution in [0.2, 0.25) is 0 Å². The third kappa shape index (κ3) is 4.41. The van der Waals surface area contributed by atoms with Crippen LogP contribution >= 0.6 is 11.8 Å². The maximum atomic E-state index is 12.0.